The van der Waals surface area contributed by atoms with E-state index in [2.05, 4.69) is 44.2 Å². The Labute approximate surface area is 163 Å². The summed E-state index contributed by atoms with van der Waals surface area (Å²) in [6.07, 6.45) is 5.16. The molecule has 1 fully saturated rings. The normalized spacial score (nSPS) is 20.5. The third-order valence-electron chi connectivity index (χ3n) is 5.45. The third-order valence-corrected chi connectivity index (χ3v) is 5.45. The third kappa shape index (κ3) is 5.43. The Balaban J connectivity index is 1.76. The average molecular weight is 366 g/mol. The molecule has 0 bridgehead atoms. The first-order valence-corrected chi connectivity index (χ1v) is 9.91. The maximum absolute atomic E-state index is 5.96. The molecule has 0 unspecified atom stereocenters. The molecule has 1 aliphatic heterocycles. The molecule has 27 heavy (non-hydrogen) atoms. The summed E-state index contributed by atoms with van der Waals surface area (Å²) < 4.78 is 11.6. The summed E-state index contributed by atoms with van der Waals surface area (Å²) in [6, 6.07) is 18.7. The summed E-state index contributed by atoms with van der Waals surface area (Å²) in [5, 5.41) is 0. The lowest BCUT2D eigenvalue weighted by Crippen LogP contribution is -2.36. The van der Waals surface area contributed by atoms with Gasteiger partial charge in [0, 0.05) is 19.4 Å². The van der Waals surface area contributed by atoms with Crippen LogP contribution in [-0.4, -0.2) is 32.1 Å². The van der Waals surface area contributed by atoms with Crippen molar-refractivity contribution >= 4 is 6.21 Å². The summed E-state index contributed by atoms with van der Waals surface area (Å²) in [5.74, 6) is 1.99. The molecule has 2 aromatic carbocycles. The molecule has 1 saturated heterocycles. The van der Waals surface area contributed by atoms with Gasteiger partial charge in [0.15, 0.2) is 0 Å². The first kappa shape index (κ1) is 19.6. The highest BCUT2D eigenvalue weighted by Gasteiger charge is 2.34. The maximum atomic E-state index is 5.96. The van der Waals surface area contributed by atoms with E-state index in [0.29, 0.717) is 11.8 Å². The van der Waals surface area contributed by atoms with Gasteiger partial charge in [-0.15, -0.1) is 0 Å². The molecule has 2 aromatic rings. The first-order valence-electron chi connectivity index (χ1n) is 9.91. The molecular formula is C24H31NO2. The number of hydrogen-bond acceptors (Lipinski definition) is 3. The summed E-state index contributed by atoms with van der Waals surface area (Å²) in [5.41, 5.74) is 2.40. The number of aliphatic imine (C=N–C) groups is 1. The highest BCUT2D eigenvalue weighted by atomic mass is 16.5. The number of methoxy groups -OCH3 is 1. The van der Waals surface area contributed by atoms with Crippen LogP contribution < -0.4 is 4.74 Å². The monoisotopic (exact) mass is 365 g/mol. The Morgan fingerprint density at radius 1 is 1.15 bits per heavy atom. The van der Waals surface area contributed by atoms with Crippen molar-refractivity contribution in [3.8, 4) is 5.75 Å². The number of nitrogens with zero attached hydrogens (tertiary/aromatic N) is 1. The van der Waals surface area contributed by atoms with Crippen LogP contribution in [0.1, 0.15) is 50.2 Å². The highest BCUT2D eigenvalue weighted by molar-refractivity contribution is 5.79. The van der Waals surface area contributed by atoms with Crippen molar-refractivity contribution < 1.29 is 9.47 Å². The minimum Gasteiger partial charge on any atom is -0.496 e. The second-order valence-corrected chi connectivity index (χ2v) is 7.94. The molecule has 144 valence electrons. The molecule has 0 aliphatic carbocycles. The van der Waals surface area contributed by atoms with Gasteiger partial charge in [0.05, 0.1) is 12.7 Å². The van der Waals surface area contributed by atoms with Crippen molar-refractivity contribution in [3.05, 3.63) is 65.7 Å². The van der Waals surface area contributed by atoms with Crippen molar-refractivity contribution in [2.24, 2.45) is 10.9 Å². The Hall–Kier alpha value is -2.13. The molecule has 0 N–H and O–H groups in total. The highest BCUT2D eigenvalue weighted by Crippen LogP contribution is 2.42. The van der Waals surface area contributed by atoms with Crippen LogP contribution in [0, 0.1) is 5.92 Å². The minimum absolute atomic E-state index is 0.0590. The molecule has 0 radical (unpaired) electrons. The Morgan fingerprint density at radius 2 is 1.89 bits per heavy atom. The van der Waals surface area contributed by atoms with Crippen LogP contribution in [-0.2, 0) is 4.74 Å². The zero-order chi connectivity index (χ0) is 19.1. The smallest absolute Gasteiger partial charge is 0.122 e. The quantitative estimate of drug-likeness (QED) is 0.607. The van der Waals surface area contributed by atoms with E-state index in [0.717, 1.165) is 43.7 Å². The second-order valence-electron chi connectivity index (χ2n) is 7.94. The van der Waals surface area contributed by atoms with Crippen molar-refractivity contribution in [2.75, 3.05) is 20.3 Å². The second kappa shape index (κ2) is 9.18. The summed E-state index contributed by atoms with van der Waals surface area (Å²) in [7, 11) is 1.76. The lowest BCUT2D eigenvalue weighted by molar-refractivity contribution is -0.0771. The summed E-state index contributed by atoms with van der Waals surface area (Å²) in [6.45, 7) is 6.05. The molecule has 3 nitrogen and oxygen atoms in total. The molecule has 1 heterocycles. The lowest BCUT2D eigenvalue weighted by atomic mass is 9.75. The van der Waals surface area contributed by atoms with Crippen molar-refractivity contribution in [1.82, 2.24) is 0 Å². The topological polar surface area (TPSA) is 30.8 Å². The zero-order valence-electron chi connectivity index (χ0n) is 16.7. The van der Waals surface area contributed by atoms with Crippen LogP contribution >= 0.6 is 0 Å². The van der Waals surface area contributed by atoms with E-state index >= 15 is 0 Å². The molecule has 3 rings (SSSR count). The Morgan fingerprint density at radius 3 is 2.63 bits per heavy atom. The van der Waals surface area contributed by atoms with Gasteiger partial charge in [0.1, 0.15) is 5.75 Å². The van der Waals surface area contributed by atoms with E-state index < -0.39 is 0 Å². The molecule has 0 saturated carbocycles. The molecule has 3 heteroatoms. The molecule has 0 amide bonds. The van der Waals surface area contributed by atoms with E-state index in [-0.39, 0.29) is 5.60 Å². The Bertz CT molecular complexity index is 739. The predicted octanol–water partition coefficient (Wildman–Crippen LogP) is 5.49. The fourth-order valence-corrected chi connectivity index (χ4v) is 4.16. The number of para-hydroxylation sites is 1. The van der Waals surface area contributed by atoms with Gasteiger partial charge >= 0.3 is 0 Å². The predicted molar refractivity (Wildman–Crippen MR) is 112 cm³/mol. The standard InChI is InChI=1S/C24H31NO2/c1-24(2)17-20(14-16-27-24)21(22-11-7-8-12-23(22)26-3)13-15-25-18-19-9-5-4-6-10-19/h4-12,18,20-21H,13-17H2,1-3H3/t20-,21-/m0/s1. The largest absolute Gasteiger partial charge is 0.496 e. The molecular weight excluding hydrogens is 334 g/mol. The number of ether oxygens (including phenoxy) is 2. The van der Waals surface area contributed by atoms with E-state index in [9.17, 15) is 0 Å². The van der Waals surface area contributed by atoms with Crippen LogP contribution in [0.4, 0.5) is 0 Å². The fraction of sp³-hybridized carbons (Fsp3) is 0.458. The van der Waals surface area contributed by atoms with Gasteiger partial charge in [-0.2, -0.15) is 0 Å². The van der Waals surface area contributed by atoms with Crippen molar-refractivity contribution in [3.63, 3.8) is 0 Å². The van der Waals surface area contributed by atoms with Gasteiger partial charge in [0.2, 0.25) is 0 Å². The molecule has 2 atom stereocenters. The molecule has 0 spiro atoms. The van der Waals surface area contributed by atoms with E-state index in [4.69, 9.17) is 14.5 Å². The van der Waals surface area contributed by atoms with Gasteiger partial charge in [-0.3, -0.25) is 4.99 Å². The number of benzene rings is 2. The van der Waals surface area contributed by atoms with Gasteiger partial charge in [-0.25, -0.2) is 0 Å². The number of hydrogen-bond donors (Lipinski definition) is 0. The van der Waals surface area contributed by atoms with Gasteiger partial charge < -0.3 is 9.47 Å². The van der Waals surface area contributed by atoms with Gasteiger partial charge in [0.25, 0.3) is 0 Å². The summed E-state index contributed by atoms with van der Waals surface area (Å²) >= 11 is 0. The van der Waals surface area contributed by atoms with E-state index in [1.54, 1.807) is 7.11 Å². The van der Waals surface area contributed by atoms with Gasteiger partial charge in [-0.1, -0.05) is 48.5 Å². The maximum Gasteiger partial charge on any atom is 0.122 e. The fourth-order valence-electron chi connectivity index (χ4n) is 4.16. The van der Waals surface area contributed by atoms with Crippen LogP contribution in [0.3, 0.4) is 0 Å². The molecule has 1 aliphatic rings. The van der Waals surface area contributed by atoms with Crippen molar-refractivity contribution in [2.45, 2.75) is 44.6 Å². The average Bonchev–Trinajstić information content (AvgIpc) is 2.68. The SMILES string of the molecule is COc1ccccc1[C@@H](CCN=Cc1ccccc1)[C@H]1CCOC(C)(C)C1. The van der Waals surface area contributed by atoms with Crippen molar-refractivity contribution in [1.29, 1.82) is 0 Å². The van der Waals surface area contributed by atoms with Gasteiger partial charge in [-0.05, 0) is 62.1 Å². The van der Waals surface area contributed by atoms with E-state index in [1.165, 1.54) is 5.56 Å². The molecule has 0 aromatic heterocycles. The zero-order valence-corrected chi connectivity index (χ0v) is 16.7. The first-order chi connectivity index (χ1) is 13.1. The number of rotatable bonds is 7. The van der Waals surface area contributed by atoms with Crippen LogP contribution in [0.25, 0.3) is 0 Å². The lowest BCUT2D eigenvalue weighted by Gasteiger charge is -2.39. The Kier molecular flexibility index (Phi) is 6.68. The van der Waals surface area contributed by atoms with Crippen LogP contribution in [0.15, 0.2) is 59.6 Å². The van der Waals surface area contributed by atoms with E-state index in [1.807, 2.05) is 30.5 Å². The van der Waals surface area contributed by atoms with Crippen LogP contribution in [0.2, 0.25) is 0 Å². The van der Waals surface area contributed by atoms with Crippen LogP contribution in [0.5, 0.6) is 5.75 Å². The summed E-state index contributed by atoms with van der Waals surface area (Å²) in [4.78, 5) is 4.70. The minimum atomic E-state index is -0.0590.